The highest BCUT2D eigenvalue weighted by molar-refractivity contribution is 7.99. The van der Waals surface area contributed by atoms with Crippen LogP contribution in [-0.4, -0.2) is 32.8 Å². The third-order valence-electron chi connectivity index (χ3n) is 4.84. The first kappa shape index (κ1) is 21.7. The molecule has 1 atom stereocenters. The Bertz CT molecular complexity index is 659. The van der Waals surface area contributed by atoms with Crippen molar-refractivity contribution in [2.24, 2.45) is 11.0 Å². The van der Waals surface area contributed by atoms with Gasteiger partial charge in [-0.1, -0.05) is 49.6 Å². The number of allylic oxidation sites excluding steroid dienone is 2. The van der Waals surface area contributed by atoms with Gasteiger partial charge in [-0.2, -0.15) is 9.78 Å². The molecule has 0 radical (unpaired) electrons. The minimum absolute atomic E-state index is 0.141. The van der Waals surface area contributed by atoms with Crippen LogP contribution in [0.2, 0.25) is 0 Å². The van der Waals surface area contributed by atoms with Gasteiger partial charge < -0.3 is 9.90 Å². The monoisotopic (exact) mass is 391 g/mol. The van der Waals surface area contributed by atoms with Crippen molar-refractivity contribution in [3.05, 3.63) is 17.5 Å². The van der Waals surface area contributed by atoms with Gasteiger partial charge in [-0.05, 0) is 51.9 Å². The van der Waals surface area contributed by atoms with Crippen molar-refractivity contribution in [1.29, 1.82) is 0 Å². The SMILES string of the molecule is CC(C)=CCC[C@H](C)C/C=N\n1c(SCC(=O)[O-])nnc1C1CCCCC1. The molecule has 6 nitrogen and oxygen atoms in total. The van der Waals surface area contributed by atoms with Crippen molar-refractivity contribution >= 4 is 23.9 Å². The van der Waals surface area contributed by atoms with Gasteiger partial charge in [0.05, 0.1) is 5.97 Å². The lowest BCUT2D eigenvalue weighted by molar-refractivity contribution is -0.301. The van der Waals surface area contributed by atoms with E-state index >= 15 is 0 Å². The fourth-order valence-corrected chi connectivity index (χ4v) is 3.91. The lowest BCUT2D eigenvalue weighted by Crippen LogP contribution is -2.24. The molecular formula is C20H31N4O2S-. The maximum absolute atomic E-state index is 10.8. The van der Waals surface area contributed by atoms with E-state index < -0.39 is 5.97 Å². The van der Waals surface area contributed by atoms with Crippen LogP contribution >= 0.6 is 11.8 Å². The number of carboxylic acids is 1. The molecule has 2 rings (SSSR count). The van der Waals surface area contributed by atoms with Crippen molar-refractivity contribution in [1.82, 2.24) is 14.9 Å². The Balaban J connectivity index is 2.05. The molecule has 0 bridgehead atoms. The minimum atomic E-state index is -1.11. The summed E-state index contributed by atoms with van der Waals surface area (Å²) in [5, 5.41) is 24.5. The van der Waals surface area contributed by atoms with Crippen LogP contribution in [0.15, 0.2) is 21.9 Å². The molecule has 0 N–H and O–H groups in total. The van der Waals surface area contributed by atoms with Crippen LogP contribution in [0.25, 0.3) is 0 Å². The molecule has 0 amide bonds. The van der Waals surface area contributed by atoms with Gasteiger partial charge in [-0.3, -0.25) is 0 Å². The predicted molar refractivity (Wildman–Crippen MR) is 108 cm³/mol. The third-order valence-corrected chi connectivity index (χ3v) is 5.74. The molecule has 1 aromatic rings. The van der Waals surface area contributed by atoms with Crippen LogP contribution in [0.1, 0.15) is 83.9 Å². The Morgan fingerprint density at radius 2 is 2.07 bits per heavy atom. The van der Waals surface area contributed by atoms with Gasteiger partial charge in [0.2, 0.25) is 5.16 Å². The number of carbonyl (C=O) groups excluding carboxylic acids is 1. The average molecular weight is 392 g/mol. The van der Waals surface area contributed by atoms with Crippen LogP contribution in [0.3, 0.4) is 0 Å². The fourth-order valence-electron chi connectivity index (χ4n) is 3.30. The summed E-state index contributed by atoms with van der Waals surface area (Å²) in [4.78, 5) is 10.8. The van der Waals surface area contributed by atoms with Crippen molar-refractivity contribution in [2.75, 3.05) is 5.75 Å². The fraction of sp³-hybridized carbons (Fsp3) is 0.700. The zero-order valence-electron chi connectivity index (χ0n) is 16.7. The number of aromatic nitrogens is 3. The summed E-state index contributed by atoms with van der Waals surface area (Å²) in [7, 11) is 0. The van der Waals surface area contributed by atoms with Gasteiger partial charge in [0, 0.05) is 17.9 Å². The van der Waals surface area contributed by atoms with Gasteiger partial charge >= 0.3 is 0 Å². The summed E-state index contributed by atoms with van der Waals surface area (Å²) in [6.45, 7) is 6.47. The van der Waals surface area contributed by atoms with E-state index in [2.05, 4.69) is 42.1 Å². The molecule has 1 fully saturated rings. The standard InChI is InChI=1S/C20H32N4O2S/c1-15(2)8-7-9-16(3)12-13-21-24-19(17-10-5-4-6-11-17)22-23-20(24)27-14-18(25)26/h8,13,16-17H,4-7,9-12,14H2,1-3H3,(H,25,26)/p-1/b21-13-/t16-/m0/s1. The Morgan fingerprint density at radius 1 is 1.33 bits per heavy atom. The first-order valence-corrected chi connectivity index (χ1v) is 10.9. The van der Waals surface area contributed by atoms with E-state index in [9.17, 15) is 9.90 Å². The van der Waals surface area contributed by atoms with Gasteiger partial charge in [-0.25, -0.2) is 0 Å². The maximum Gasteiger partial charge on any atom is 0.212 e. The molecule has 0 aromatic carbocycles. The summed E-state index contributed by atoms with van der Waals surface area (Å²) in [5.74, 6) is 0.515. The molecule has 1 aromatic heterocycles. The normalized spacial score (nSPS) is 16.6. The molecule has 1 aliphatic rings. The molecule has 0 unspecified atom stereocenters. The maximum atomic E-state index is 10.8. The smallest absolute Gasteiger partial charge is 0.212 e. The number of hydrogen-bond donors (Lipinski definition) is 0. The van der Waals surface area contributed by atoms with E-state index in [1.807, 2.05) is 6.21 Å². The van der Waals surface area contributed by atoms with Crippen LogP contribution < -0.4 is 5.11 Å². The molecule has 0 spiro atoms. The number of hydrogen-bond acceptors (Lipinski definition) is 6. The highest BCUT2D eigenvalue weighted by Gasteiger charge is 2.23. The highest BCUT2D eigenvalue weighted by Crippen LogP contribution is 2.33. The van der Waals surface area contributed by atoms with Crippen molar-refractivity contribution < 1.29 is 9.90 Å². The summed E-state index contributed by atoms with van der Waals surface area (Å²) >= 11 is 1.12. The number of carbonyl (C=O) groups is 1. The minimum Gasteiger partial charge on any atom is -0.549 e. The van der Waals surface area contributed by atoms with Gasteiger partial charge in [-0.15, -0.1) is 10.2 Å². The van der Waals surface area contributed by atoms with E-state index in [-0.39, 0.29) is 5.75 Å². The van der Waals surface area contributed by atoms with E-state index in [1.165, 1.54) is 24.8 Å². The average Bonchev–Trinajstić information content (AvgIpc) is 3.03. The molecule has 1 aliphatic carbocycles. The van der Waals surface area contributed by atoms with Crippen LogP contribution in [-0.2, 0) is 4.79 Å². The number of thioether (sulfide) groups is 1. The van der Waals surface area contributed by atoms with Gasteiger partial charge in [0.15, 0.2) is 5.82 Å². The largest absolute Gasteiger partial charge is 0.549 e. The number of aliphatic carboxylic acids is 1. The highest BCUT2D eigenvalue weighted by atomic mass is 32.2. The van der Waals surface area contributed by atoms with Crippen LogP contribution in [0.4, 0.5) is 0 Å². The topological polar surface area (TPSA) is 83.2 Å². The lowest BCUT2D eigenvalue weighted by Gasteiger charge is -2.20. The molecule has 1 heterocycles. The second kappa shape index (κ2) is 11.3. The van der Waals surface area contributed by atoms with Crippen molar-refractivity contribution in [3.63, 3.8) is 0 Å². The Labute approximate surface area is 166 Å². The molecule has 150 valence electrons. The van der Waals surface area contributed by atoms with E-state index in [4.69, 9.17) is 0 Å². The molecule has 0 aliphatic heterocycles. The molecule has 0 saturated heterocycles. The molecular weight excluding hydrogens is 360 g/mol. The predicted octanol–water partition coefficient (Wildman–Crippen LogP) is 3.77. The van der Waals surface area contributed by atoms with Crippen LogP contribution in [0.5, 0.6) is 0 Å². The summed E-state index contributed by atoms with van der Waals surface area (Å²) in [6, 6.07) is 0. The Kier molecular flexibility index (Phi) is 9.04. The van der Waals surface area contributed by atoms with E-state index in [0.717, 1.165) is 49.7 Å². The second-order valence-corrected chi connectivity index (χ2v) is 8.59. The van der Waals surface area contributed by atoms with Gasteiger partial charge in [0.1, 0.15) is 0 Å². The summed E-state index contributed by atoms with van der Waals surface area (Å²) < 4.78 is 1.76. The zero-order chi connectivity index (χ0) is 19.6. The Morgan fingerprint density at radius 3 is 2.74 bits per heavy atom. The van der Waals surface area contributed by atoms with Gasteiger partial charge in [0.25, 0.3) is 0 Å². The lowest BCUT2D eigenvalue weighted by atomic mass is 9.89. The van der Waals surface area contributed by atoms with E-state index in [0.29, 0.717) is 17.0 Å². The van der Waals surface area contributed by atoms with E-state index in [1.54, 1.807) is 4.68 Å². The molecule has 27 heavy (non-hydrogen) atoms. The molecule has 1 saturated carbocycles. The van der Waals surface area contributed by atoms with Crippen LogP contribution in [0, 0.1) is 5.92 Å². The summed E-state index contributed by atoms with van der Waals surface area (Å²) in [6.07, 6.45) is 13.1. The first-order valence-electron chi connectivity index (χ1n) is 9.91. The quantitative estimate of drug-likeness (QED) is 0.344. The number of carboxylic acid groups (broad SMARTS) is 1. The summed E-state index contributed by atoms with van der Waals surface area (Å²) in [5.41, 5.74) is 1.35. The van der Waals surface area contributed by atoms with Crippen molar-refractivity contribution in [3.8, 4) is 0 Å². The second-order valence-electron chi connectivity index (χ2n) is 7.65. The Hall–Kier alpha value is -1.63. The third kappa shape index (κ3) is 7.48. The zero-order valence-corrected chi connectivity index (χ0v) is 17.5. The van der Waals surface area contributed by atoms with Crippen molar-refractivity contribution in [2.45, 2.75) is 83.2 Å². The number of nitrogens with zero attached hydrogens (tertiary/aromatic N) is 4. The number of rotatable bonds is 10. The molecule has 7 heteroatoms. The first-order chi connectivity index (χ1) is 13.0.